The first-order chi connectivity index (χ1) is 12.3. The van der Waals surface area contributed by atoms with Crippen molar-refractivity contribution in [2.45, 2.75) is 27.2 Å². The molecule has 2 N–H and O–H groups in total. The lowest BCUT2D eigenvalue weighted by Crippen LogP contribution is -2.33. The Hall–Kier alpha value is -2.82. The average molecular weight is 355 g/mol. The first-order valence-corrected chi connectivity index (χ1v) is 8.55. The molecule has 5 nitrogen and oxygen atoms in total. The van der Waals surface area contributed by atoms with Crippen molar-refractivity contribution in [1.82, 2.24) is 0 Å². The maximum Gasteiger partial charge on any atom is 0.307 e. The number of ether oxygens (including phenoxy) is 1. The Morgan fingerprint density at radius 1 is 1.08 bits per heavy atom. The molecule has 0 saturated carbocycles. The number of carbonyl (C=O) groups excluding carboxylic acids is 1. The van der Waals surface area contributed by atoms with E-state index in [1.165, 1.54) is 0 Å². The molecule has 0 aromatic heterocycles. The molecule has 0 bridgehead atoms. The number of amides is 1. The van der Waals surface area contributed by atoms with Crippen LogP contribution in [0.5, 0.6) is 5.75 Å². The summed E-state index contributed by atoms with van der Waals surface area (Å²) < 4.78 is 5.10. The van der Waals surface area contributed by atoms with Crippen LogP contribution in [-0.2, 0) is 16.0 Å². The minimum Gasteiger partial charge on any atom is -0.497 e. The van der Waals surface area contributed by atoms with Gasteiger partial charge in [-0.1, -0.05) is 36.2 Å². The van der Waals surface area contributed by atoms with Gasteiger partial charge in [-0.15, -0.1) is 0 Å². The third kappa shape index (κ3) is 5.09. The number of aryl methyl sites for hydroxylation is 2. The Morgan fingerprint density at radius 2 is 1.65 bits per heavy atom. The highest BCUT2D eigenvalue weighted by Crippen LogP contribution is 2.23. The van der Waals surface area contributed by atoms with E-state index in [1.54, 1.807) is 38.3 Å². The summed E-state index contributed by atoms with van der Waals surface area (Å²) in [6.07, 6.45) is 0.373. The van der Waals surface area contributed by atoms with Crippen LogP contribution in [0.4, 0.5) is 5.69 Å². The predicted octanol–water partition coefficient (Wildman–Crippen LogP) is 3.83. The average Bonchev–Trinajstić information content (AvgIpc) is 2.58. The Labute approximate surface area is 154 Å². The lowest BCUT2D eigenvalue weighted by Gasteiger charge is -2.21. The molecule has 0 radical (unpaired) electrons. The molecule has 2 atom stereocenters. The normalized spacial score (nSPS) is 12.9. The van der Waals surface area contributed by atoms with Crippen LogP contribution < -0.4 is 10.1 Å². The van der Waals surface area contributed by atoms with Crippen LogP contribution in [0.1, 0.15) is 23.6 Å². The van der Waals surface area contributed by atoms with Crippen molar-refractivity contribution in [3.8, 4) is 5.75 Å². The van der Waals surface area contributed by atoms with Gasteiger partial charge >= 0.3 is 5.97 Å². The second-order valence-corrected chi connectivity index (χ2v) is 6.65. The molecule has 0 unspecified atom stereocenters. The lowest BCUT2D eigenvalue weighted by molar-refractivity contribution is -0.145. The second kappa shape index (κ2) is 8.52. The van der Waals surface area contributed by atoms with Crippen LogP contribution in [0, 0.1) is 25.7 Å². The molecule has 0 saturated heterocycles. The van der Waals surface area contributed by atoms with Crippen molar-refractivity contribution in [3.05, 3.63) is 59.2 Å². The highest BCUT2D eigenvalue weighted by Gasteiger charge is 2.30. The monoisotopic (exact) mass is 355 g/mol. The first-order valence-electron chi connectivity index (χ1n) is 8.55. The molecule has 1 amide bonds. The number of anilines is 1. The fourth-order valence-electron chi connectivity index (χ4n) is 3.02. The molecule has 5 heteroatoms. The van der Waals surface area contributed by atoms with Gasteiger partial charge in [0.05, 0.1) is 18.9 Å². The Bertz CT molecular complexity index is 763. The van der Waals surface area contributed by atoms with Gasteiger partial charge in [-0.05, 0) is 50.1 Å². The summed E-state index contributed by atoms with van der Waals surface area (Å²) in [5.41, 5.74) is 3.76. The van der Waals surface area contributed by atoms with Crippen molar-refractivity contribution < 1.29 is 19.4 Å². The van der Waals surface area contributed by atoms with Crippen LogP contribution in [0.2, 0.25) is 0 Å². The van der Waals surface area contributed by atoms with Gasteiger partial charge < -0.3 is 15.2 Å². The third-order valence-corrected chi connectivity index (χ3v) is 4.42. The Kier molecular flexibility index (Phi) is 6.39. The molecule has 0 heterocycles. The van der Waals surface area contributed by atoms with Crippen molar-refractivity contribution in [3.63, 3.8) is 0 Å². The number of methoxy groups -OCH3 is 1. The van der Waals surface area contributed by atoms with Gasteiger partial charge in [-0.25, -0.2) is 0 Å². The van der Waals surface area contributed by atoms with Crippen LogP contribution in [0.15, 0.2) is 42.5 Å². The number of benzene rings is 2. The van der Waals surface area contributed by atoms with Crippen LogP contribution >= 0.6 is 0 Å². The quantitative estimate of drug-likeness (QED) is 0.791. The van der Waals surface area contributed by atoms with Gasteiger partial charge in [0.25, 0.3) is 0 Å². The van der Waals surface area contributed by atoms with Gasteiger partial charge in [0.15, 0.2) is 0 Å². The molecule has 0 aliphatic heterocycles. The standard InChI is InChI=1S/C21H25NO4/c1-13-9-14(2)11-16(10-13)12-19(15(3)21(24)25)20(23)22-17-5-7-18(26-4)8-6-17/h5-11,15,19H,12H2,1-4H3,(H,22,23)(H,24,25)/t15-,19-/m0/s1. The van der Waals surface area contributed by atoms with Gasteiger partial charge in [0, 0.05) is 5.69 Å². The zero-order valence-electron chi connectivity index (χ0n) is 15.6. The minimum atomic E-state index is -0.982. The van der Waals surface area contributed by atoms with E-state index in [-0.39, 0.29) is 5.91 Å². The largest absolute Gasteiger partial charge is 0.497 e. The lowest BCUT2D eigenvalue weighted by atomic mass is 9.86. The number of carboxylic acids is 1. The summed E-state index contributed by atoms with van der Waals surface area (Å²) in [6.45, 7) is 5.55. The fourth-order valence-corrected chi connectivity index (χ4v) is 3.02. The summed E-state index contributed by atoms with van der Waals surface area (Å²) in [6, 6.07) is 13.0. The molecule has 138 valence electrons. The van der Waals surface area contributed by atoms with Crippen molar-refractivity contribution in [1.29, 1.82) is 0 Å². The molecule has 0 aliphatic rings. The predicted molar refractivity (Wildman–Crippen MR) is 102 cm³/mol. The van der Waals surface area contributed by atoms with E-state index in [9.17, 15) is 14.7 Å². The number of aliphatic carboxylic acids is 1. The topological polar surface area (TPSA) is 75.6 Å². The summed E-state index contributed by atoms with van der Waals surface area (Å²) >= 11 is 0. The molecule has 2 aromatic carbocycles. The van der Waals surface area contributed by atoms with Crippen LogP contribution in [-0.4, -0.2) is 24.1 Å². The number of carbonyl (C=O) groups is 2. The van der Waals surface area contributed by atoms with Crippen LogP contribution in [0.3, 0.4) is 0 Å². The molecular formula is C21H25NO4. The fraction of sp³-hybridized carbons (Fsp3) is 0.333. The Balaban J connectivity index is 2.22. The molecule has 26 heavy (non-hydrogen) atoms. The van der Waals surface area contributed by atoms with E-state index in [0.29, 0.717) is 17.9 Å². The number of hydrogen-bond acceptors (Lipinski definition) is 3. The molecule has 2 rings (SSSR count). The van der Waals surface area contributed by atoms with Gasteiger partial charge in [-0.2, -0.15) is 0 Å². The number of rotatable bonds is 7. The van der Waals surface area contributed by atoms with E-state index < -0.39 is 17.8 Å². The number of nitrogens with one attached hydrogen (secondary N) is 1. The SMILES string of the molecule is COc1ccc(NC(=O)[C@@H](Cc2cc(C)cc(C)c2)[C@H](C)C(=O)O)cc1. The Morgan fingerprint density at radius 3 is 2.15 bits per heavy atom. The molecule has 0 spiro atoms. The highest BCUT2D eigenvalue weighted by atomic mass is 16.5. The molecule has 2 aromatic rings. The molecule has 0 aliphatic carbocycles. The summed E-state index contributed by atoms with van der Waals surface area (Å²) in [5.74, 6) is -2.06. The van der Waals surface area contributed by atoms with Crippen molar-refractivity contribution in [2.75, 3.05) is 12.4 Å². The molecule has 0 fully saturated rings. The van der Waals surface area contributed by atoms with Gasteiger partial charge in [0.1, 0.15) is 5.75 Å². The maximum absolute atomic E-state index is 12.8. The van der Waals surface area contributed by atoms with E-state index in [4.69, 9.17) is 4.74 Å². The minimum absolute atomic E-state index is 0.302. The van der Waals surface area contributed by atoms with Gasteiger partial charge in [-0.3, -0.25) is 9.59 Å². The van der Waals surface area contributed by atoms with Crippen molar-refractivity contribution >= 4 is 17.6 Å². The maximum atomic E-state index is 12.8. The zero-order valence-corrected chi connectivity index (χ0v) is 15.6. The van der Waals surface area contributed by atoms with E-state index >= 15 is 0 Å². The van der Waals surface area contributed by atoms with Crippen LogP contribution in [0.25, 0.3) is 0 Å². The summed E-state index contributed by atoms with van der Waals surface area (Å²) in [7, 11) is 1.57. The second-order valence-electron chi connectivity index (χ2n) is 6.65. The first kappa shape index (κ1) is 19.5. The summed E-state index contributed by atoms with van der Waals surface area (Å²) in [4.78, 5) is 24.3. The van der Waals surface area contributed by atoms with Gasteiger partial charge in [0.2, 0.25) is 5.91 Å². The van der Waals surface area contributed by atoms with E-state index in [0.717, 1.165) is 16.7 Å². The van der Waals surface area contributed by atoms with Crippen molar-refractivity contribution in [2.24, 2.45) is 11.8 Å². The zero-order chi connectivity index (χ0) is 19.3. The number of carboxylic acid groups (broad SMARTS) is 1. The highest BCUT2D eigenvalue weighted by molar-refractivity contribution is 5.95. The smallest absolute Gasteiger partial charge is 0.307 e. The number of hydrogen-bond donors (Lipinski definition) is 2. The summed E-state index contributed by atoms with van der Waals surface area (Å²) in [5, 5.41) is 12.2. The van der Waals surface area contributed by atoms with E-state index in [2.05, 4.69) is 11.4 Å². The van der Waals surface area contributed by atoms with E-state index in [1.807, 2.05) is 26.0 Å². The third-order valence-electron chi connectivity index (χ3n) is 4.42. The molecular weight excluding hydrogens is 330 g/mol.